The summed E-state index contributed by atoms with van der Waals surface area (Å²) in [5.41, 5.74) is 1.86. The van der Waals surface area contributed by atoms with Gasteiger partial charge in [-0.05, 0) is 31.2 Å². The van der Waals surface area contributed by atoms with Gasteiger partial charge >= 0.3 is 0 Å². The van der Waals surface area contributed by atoms with Crippen LogP contribution in [0, 0.1) is 5.41 Å². The maximum absolute atomic E-state index is 4.05. The molecule has 1 nitrogen and oxygen atoms in total. The van der Waals surface area contributed by atoms with Gasteiger partial charge in [-0.2, -0.15) is 0 Å². The monoisotopic (exact) mass is 167 g/mol. The average molecular weight is 167 g/mol. The van der Waals surface area contributed by atoms with E-state index in [2.05, 4.69) is 32.7 Å². The van der Waals surface area contributed by atoms with Gasteiger partial charge in [-0.3, -0.25) is 0 Å². The molecule has 1 heteroatoms. The summed E-state index contributed by atoms with van der Waals surface area (Å²) in [4.78, 5) is 0. The van der Waals surface area contributed by atoms with Crippen LogP contribution in [0.3, 0.4) is 0 Å². The molecule has 1 aliphatic heterocycles. The highest BCUT2D eigenvalue weighted by Crippen LogP contribution is 2.25. The zero-order valence-electron chi connectivity index (χ0n) is 8.61. The molecule has 1 N–H and O–H groups in total. The van der Waals surface area contributed by atoms with Gasteiger partial charge in [0, 0.05) is 6.04 Å². The van der Waals surface area contributed by atoms with Crippen molar-refractivity contribution in [1.82, 2.24) is 5.32 Å². The second-order valence-corrected chi connectivity index (χ2v) is 5.12. The molecule has 1 atom stereocenters. The topological polar surface area (TPSA) is 12.0 Å². The third-order valence-corrected chi connectivity index (χ3v) is 2.31. The maximum atomic E-state index is 4.05. The molecule has 70 valence electrons. The number of hydrogen-bond donors (Lipinski definition) is 1. The second-order valence-electron chi connectivity index (χ2n) is 5.12. The molecule has 0 amide bonds. The van der Waals surface area contributed by atoms with Crippen molar-refractivity contribution in [1.29, 1.82) is 0 Å². The van der Waals surface area contributed by atoms with Crippen LogP contribution in [0.2, 0.25) is 0 Å². The van der Waals surface area contributed by atoms with Crippen LogP contribution in [0.15, 0.2) is 12.2 Å². The van der Waals surface area contributed by atoms with Crippen LogP contribution in [0.4, 0.5) is 0 Å². The first-order valence-corrected chi connectivity index (χ1v) is 4.87. The van der Waals surface area contributed by atoms with Gasteiger partial charge in [-0.25, -0.2) is 0 Å². The third kappa shape index (κ3) is 3.40. The third-order valence-electron chi connectivity index (χ3n) is 2.31. The van der Waals surface area contributed by atoms with E-state index in [1.54, 1.807) is 0 Å². The lowest BCUT2D eigenvalue weighted by Gasteiger charge is -2.30. The van der Waals surface area contributed by atoms with E-state index in [1.807, 2.05) is 0 Å². The first-order chi connectivity index (χ1) is 5.47. The normalized spacial score (nSPS) is 25.9. The van der Waals surface area contributed by atoms with Crippen molar-refractivity contribution in [2.45, 2.75) is 46.1 Å². The Kier molecular flexibility index (Phi) is 2.94. The van der Waals surface area contributed by atoms with Crippen molar-refractivity contribution < 1.29 is 0 Å². The number of nitrogens with one attached hydrogen (secondary N) is 1. The van der Waals surface area contributed by atoms with Gasteiger partial charge in [0.2, 0.25) is 0 Å². The molecule has 1 saturated heterocycles. The molecule has 0 radical (unpaired) electrons. The molecule has 1 unspecified atom stereocenters. The summed E-state index contributed by atoms with van der Waals surface area (Å²) < 4.78 is 0. The van der Waals surface area contributed by atoms with Crippen LogP contribution in [-0.4, -0.2) is 12.6 Å². The lowest BCUT2D eigenvalue weighted by atomic mass is 9.84. The zero-order valence-corrected chi connectivity index (χ0v) is 8.61. The van der Waals surface area contributed by atoms with E-state index in [4.69, 9.17) is 0 Å². The largest absolute Gasteiger partial charge is 0.313 e. The smallest absolute Gasteiger partial charge is 0.0109 e. The van der Waals surface area contributed by atoms with E-state index in [-0.39, 0.29) is 0 Å². The van der Waals surface area contributed by atoms with E-state index in [1.165, 1.54) is 24.8 Å². The van der Waals surface area contributed by atoms with Crippen molar-refractivity contribution in [2.24, 2.45) is 5.41 Å². The summed E-state index contributed by atoms with van der Waals surface area (Å²) in [6, 6.07) is 0.672. The van der Waals surface area contributed by atoms with Crippen molar-refractivity contribution in [3.63, 3.8) is 0 Å². The van der Waals surface area contributed by atoms with Gasteiger partial charge in [0.15, 0.2) is 0 Å². The Labute approximate surface area is 76.2 Å². The minimum absolute atomic E-state index is 0.440. The molecule has 0 saturated carbocycles. The summed E-state index contributed by atoms with van der Waals surface area (Å²) in [5.74, 6) is 0. The predicted octanol–water partition coefficient (Wildman–Crippen LogP) is 2.73. The van der Waals surface area contributed by atoms with Crippen LogP contribution >= 0.6 is 0 Å². The second kappa shape index (κ2) is 3.61. The predicted molar refractivity (Wildman–Crippen MR) is 54.2 cm³/mol. The van der Waals surface area contributed by atoms with E-state index in [9.17, 15) is 0 Å². The molecule has 1 rings (SSSR count). The molecule has 1 fully saturated rings. The van der Waals surface area contributed by atoms with Crippen molar-refractivity contribution >= 4 is 0 Å². The Morgan fingerprint density at radius 2 is 2.17 bits per heavy atom. The maximum Gasteiger partial charge on any atom is 0.0109 e. The molecule has 0 aromatic heterocycles. The summed E-state index contributed by atoms with van der Waals surface area (Å²) in [6.07, 6.45) is 3.60. The Bertz CT molecular complexity index is 164. The van der Waals surface area contributed by atoms with Crippen LogP contribution in [-0.2, 0) is 0 Å². The molecule has 0 aliphatic carbocycles. The van der Waals surface area contributed by atoms with E-state index in [0.717, 1.165) is 6.54 Å². The quantitative estimate of drug-likeness (QED) is 0.592. The van der Waals surface area contributed by atoms with Crippen LogP contribution in [0.5, 0.6) is 0 Å². The summed E-state index contributed by atoms with van der Waals surface area (Å²) in [6.45, 7) is 12.1. The first kappa shape index (κ1) is 9.79. The van der Waals surface area contributed by atoms with Crippen molar-refractivity contribution in [2.75, 3.05) is 6.54 Å². The van der Waals surface area contributed by atoms with Gasteiger partial charge in [0.25, 0.3) is 0 Å². The Balaban J connectivity index is 2.37. The lowest BCUT2D eigenvalue weighted by molar-refractivity contribution is 0.295. The van der Waals surface area contributed by atoms with Gasteiger partial charge in [0.05, 0.1) is 0 Å². The molecule has 12 heavy (non-hydrogen) atoms. The minimum atomic E-state index is 0.440. The highest BCUT2D eigenvalue weighted by molar-refractivity contribution is 5.02. The van der Waals surface area contributed by atoms with Crippen LogP contribution in [0.25, 0.3) is 0 Å². The summed E-state index contributed by atoms with van der Waals surface area (Å²) >= 11 is 0. The van der Waals surface area contributed by atoms with Gasteiger partial charge < -0.3 is 5.32 Å². The standard InChI is InChI=1S/C11H21N/c1-9-5-6-12-10(7-9)8-11(2,3)4/h10,12H,1,5-8H2,2-4H3. The molecule has 0 aromatic carbocycles. The summed E-state index contributed by atoms with van der Waals surface area (Å²) in [7, 11) is 0. The van der Waals surface area contributed by atoms with E-state index in [0.29, 0.717) is 11.5 Å². The van der Waals surface area contributed by atoms with E-state index < -0.39 is 0 Å². The molecule has 1 aliphatic rings. The number of hydrogen-bond acceptors (Lipinski definition) is 1. The van der Waals surface area contributed by atoms with E-state index >= 15 is 0 Å². The highest BCUT2D eigenvalue weighted by atomic mass is 14.9. The van der Waals surface area contributed by atoms with Gasteiger partial charge in [-0.1, -0.05) is 32.9 Å². The molecule has 0 spiro atoms. The first-order valence-electron chi connectivity index (χ1n) is 4.87. The van der Waals surface area contributed by atoms with Crippen molar-refractivity contribution in [3.05, 3.63) is 12.2 Å². The molecule has 0 aromatic rings. The number of rotatable bonds is 1. The Hall–Kier alpha value is -0.300. The molecule has 1 heterocycles. The summed E-state index contributed by atoms with van der Waals surface area (Å²) in [5, 5.41) is 3.55. The lowest BCUT2D eigenvalue weighted by Crippen LogP contribution is -2.37. The zero-order chi connectivity index (χ0) is 9.19. The number of piperidine rings is 1. The molecular formula is C11H21N. The Morgan fingerprint density at radius 3 is 2.67 bits per heavy atom. The fourth-order valence-electron chi connectivity index (χ4n) is 1.86. The van der Waals surface area contributed by atoms with Crippen LogP contribution < -0.4 is 5.32 Å². The fraction of sp³-hybridized carbons (Fsp3) is 0.818. The average Bonchev–Trinajstić information content (AvgIpc) is 1.82. The Morgan fingerprint density at radius 1 is 1.50 bits per heavy atom. The van der Waals surface area contributed by atoms with Crippen LogP contribution in [0.1, 0.15) is 40.0 Å². The van der Waals surface area contributed by atoms with Gasteiger partial charge in [-0.15, -0.1) is 0 Å². The molecular weight excluding hydrogens is 146 g/mol. The fourth-order valence-corrected chi connectivity index (χ4v) is 1.86. The van der Waals surface area contributed by atoms with Gasteiger partial charge in [0.1, 0.15) is 0 Å². The van der Waals surface area contributed by atoms with Crippen molar-refractivity contribution in [3.8, 4) is 0 Å². The highest BCUT2D eigenvalue weighted by Gasteiger charge is 2.21. The SMILES string of the molecule is C=C1CCNC(CC(C)(C)C)C1. The molecule has 0 bridgehead atoms. The minimum Gasteiger partial charge on any atom is -0.313 e.